The first-order chi connectivity index (χ1) is 13.9. The van der Waals surface area contributed by atoms with E-state index in [-0.39, 0.29) is 11.9 Å². The van der Waals surface area contributed by atoms with Crippen molar-refractivity contribution >= 4 is 16.9 Å². The normalized spacial score (nSPS) is 16.8. The zero-order chi connectivity index (χ0) is 20.5. The van der Waals surface area contributed by atoms with Crippen LogP contribution >= 0.6 is 0 Å². The van der Waals surface area contributed by atoms with E-state index in [9.17, 15) is 4.79 Å². The first-order valence-electron chi connectivity index (χ1n) is 10.4. The van der Waals surface area contributed by atoms with Gasteiger partial charge in [-0.1, -0.05) is 0 Å². The van der Waals surface area contributed by atoms with Crippen molar-refractivity contribution in [2.75, 3.05) is 19.6 Å². The maximum atomic E-state index is 13.1. The highest BCUT2D eigenvalue weighted by molar-refractivity contribution is 6.06. The summed E-state index contributed by atoms with van der Waals surface area (Å²) in [7, 11) is 0. The molecule has 1 fully saturated rings. The number of carbonyl (C=O) groups excluding carboxylic acids is 1. The molecule has 0 aliphatic carbocycles. The lowest BCUT2D eigenvalue weighted by Crippen LogP contribution is -2.26. The fourth-order valence-corrected chi connectivity index (χ4v) is 4.05. The van der Waals surface area contributed by atoms with Gasteiger partial charge in [0.15, 0.2) is 5.65 Å². The van der Waals surface area contributed by atoms with E-state index in [1.165, 1.54) is 6.42 Å². The van der Waals surface area contributed by atoms with Gasteiger partial charge in [0.2, 0.25) is 0 Å². The molecule has 1 aliphatic heterocycles. The number of aromatic nitrogens is 3. The number of aryl methyl sites for hydroxylation is 2. The van der Waals surface area contributed by atoms with E-state index in [4.69, 9.17) is 9.40 Å². The van der Waals surface area contributed by atoms with Crippen LogP contribution in [0.3, 0.4) is 0 Å². The number of nitrogens with zero attached hydrogens (tertiary/aromatic N) is 3. The quantitative estimate of drug-likeness (QED) is 0.666. The maximum Gasteiger partial charge on any atom is 0.252 e. The van der Waals surface area contributed by atoms with E-state index >= 15 is 0 Å². The molecule has 0 saturated carbocycles. The number of carbonyl (C=O) groups is 1. The molecule has 4 rings (SSSR count). The van der Waals surface area contributed by atoms with E-state index in [2.05, 4.69) is 29.6 Å². The first-order valence-corrected chi connectivity index (χ1v) is 10.4. The lowest BCUT2D eigenvalue weighted by atomic mass is 10.0. The summed E-state index contributed by atoms with van der Waals surface area (Å²) in [5, 5.41) is 11.7. The smallest absolute Gasteiger partial charge is 0.252 e. The summed E-state index contributed by atoms with van der Waals surface area (Å²) in [4.78, 5) is 17.9. The summed E-state index contributed by atoms with van der Waals surface area (Å²) in [6.45, 7) is 10.7. The number of nitrogens with one attached hydrogen (secondary N) is 2. The Bertz CT molecular complexity index is 1030. The van der Waals surface area contributed by atoms with E-state index in [1.54, 1.807) is 6.20 Å². The van der Waals surface area contributed by atoms with Crippen molar-refractivity contribution in [3.8, 4) is 11.3 Å². The van der Waals surface area contributed by atoms with Gasteiger partial charge in [-0.3, -0.25) is 4.79 Å². The molecule has 1 saturated heterocycles. The molecule has 1 atom stereocenters. The highest BCUT2D eigenvalue weighted by Crippen LogP contribution is 2.30. The third-order valence-corrected chi connectivity index (χ3v) is 5.62. The van der Waals surface area contributed by atoms with E-state index < -0.39 is 0 Å². The summed E-state index contributed by atoms with van der Waals surface area (Å²) in [5.74, 6) is 2.19. The highest BCUT2D eigenvalue weighted by atomic mass is 16.3. The van der Waals surface area contributed by atoms with Gasteiger partial charge in [0, 0.05) is 18.2 Å². The van der Waals surface area contributed by atoms with Crippen LogP contribution in [-0.4, -0.2) is 40.3 Å². The van der Waals surface area contributed by atoms with Crippen molar-refractivity contribution in [1.82, 2.24) is 25.4 Å². The van der Waals surface area contributed by atoms with Gasteiger partial charge in [0.05, 0.1) is 22.8 Å². The van der Waals surface area contributed by atoms with Crippen LogP contribution < -0.4 is 10.6 Å². The zero-order valence-corrected chi connectivity index (χ0v) is 17.6. The number of pyridine rings is 1. The molecule has 0 aromatic carbocycles. The standard InChI is InChI=1S/C22H29N5O2/c1-13(2)27-21-19(12-25-27)18(22(28)24-8-6-16-5-7-23-11-16)10-20(26-21)17-9-14(3)29-15(17)4/h9-10,12-13,16,23H,5-8,11H2,1-4H3,(H,24,28). The molecule has 0 radical (unpaired) electrons. The summed E-state index contributed by atoms with van der Waals surface area (Å²) in [6, 6.07) is 3.97. The summed E-state index contributed by atoms with van der Waals surface area (Å²) in [5.41, 5.74) is 2.98. The van der Waals surface area contributed by atoms with E-state index in [1.807, 2.05) is 30.7 Å². The Morgan fingerprint density at radius 2 is 2.21 bits per heavy atom. The van der Waals surface area contributed by atoms with E-state index in [0.29, 0.717) is 18.0 Å². The highest BCUT2D eigenvalue weighted by Gasteiger charge is 2.21. The second-order valence-electron chi connectivity index (χ2n) is 8.21. The van der Waals surface area contributed by atoms with Crippen molar-refractivity contribution < 1.29 is 9.21 Å². The summed E-state index contributed by atoms with van der Waals surface area (Å²) in [6.07, 6.45) is 3.92. The molecule has 154 valence electrons. The van der Waals surface area contributed by atoms with Gasteiger partial charge in [-0.15, -0.1) is 0 Å². The van der Waals surface area contributed by atoms with Crippen molar-refractivity contribution in [3.05, 3.63) is 35.4 Å². The predicted octanol–water partition coefficient (Wildman–Crippen LogP) is 3.62. The molecule has 3 aromatic heterocycles. The van der Waals surface area contributed by atoms with Crippen LogP contribution in [0.4, 0.5) is 0 Å². The van der Waals surface area contributed by atoms with Crippen LogP contribution in [0.5, 0.6) is 0 Å². The Kier molecular flexibility index (Phi) is 5.41. The van der Waals surface area contributed by atoms with Crippen molar-refractivity contribution in [2.45, 2.75) is 46.6 Å². The number of furan rings is 1. The third kappa shape index (κ3) is 3.92. The number of rotatable bonds is 6. The Hall–Kier alpha value is -2.67. The molecule has 1 amide bonds. The number of hydrogen-bond acceptors (Lipinski definition) is 5. The van der Waals surface area contributed by atoms with Gasteiger partial charge in [-0.2, -0.15) is 5.10 Å². The summed E-state index contributed by atoms with van der Waals surface area (Å²) >= 11 is 0. The van der Waals surface area contributed by atoms with Gasteiger partial charge in [-0.05, 0) is 71.7 Å². The largest absolute Gasteiger partial charge is 0.466 e. The molecule has 29 heavy (non-hydrogen) atoms. The molecule has 1 aliphatic rings. The van der Waals surface area contributed by atoms with Crippen LogP contribution in [0.15, 0.2) is 22.7 Å². The molecule has 7 nitrogen and oxygen atoms in total. The monoisotopic (exact) mass is 395 g/mol. The Labute approximate surface area is 170 Å². The third-order valence-electron chi connectivity index (χ3n) is 5.62. The van der Waals surface area contributed by atoms with Crippen molar-refractivity contribution in [3.63, 3.8) is 0 Å². The van der Waals surface area contributed by atoms with Gasteiger partial charge in [0.25, 0.3) is 5.91 Å². The van der Waals surface area contributed by atoms with E-state index in [0.717, 1.165) is 53.3 Å². The molecule has 3 aromatic rings. The SMILES string of the molecule is Cc1cc(-c2cc(C(=O)NCCC3CCNC3)c3cnn(C(C)C)c3n2)c(C)o1. The lowest BCUT2D eigenvalue weighted by Gasteiger charge is -2.12. The topological polar surface area (TPSA) is 85.0 Å². The molecule has 4 heterocycles. The lowest BCUT2D eigenvalue weighted by molar-refractivity contribution is 0.0953. The van der Waals surface area contributed by atoms with Crippen LogP contribution in [0, 0.1) is 19.8 Å². The average molecular weight is 396 g/mol. The minimum Gasteiger partial charge on any atom is -0.466 e. The van der Waals surface area contributed by atoms with Gasteiger partial charge >= 0.3 is 0 Å². The molecule has 0 spiro atoms. The van der Waals surface area contributed by atoms with Crippen molar-refractivity contribution in [1.29, 1.82) is 0 Å². The van der Waals surface area contributed by atoms with Crippen molar-refractivity contribution in [2.24, 2.45) is 5.92 Å². The second kappa shape index (κ2) is 7.99. The van der Waals surface area contributed by atoms with Gasteiger partial charge < -0.3 is 15.1 Å². The predicted molar refractivity (Wildman–Crippen MR) is 113 cm³/mol. The molecule has 1 unspecified atom stereocenters. The fourth-order valence-electron chi connectivity index (χ4n) is 4.05. The molecule has 7 heteroatoms. The van der Waals surface area contributed by atoms with Gasteiger partial charge in [0.1, 0.15) is 11.5 Å². The summed E-state index contributed by atoms with van der Waals surface area (Å²) < 4.78 is 7.56. The molecule has 0 bridgehead atoms. The van der Waals surface area contributed by atoms with Gasteiger partial charge in [-0.25, -0.2) is 9.67 Å². The zero-order valence-electron chi connectivity index (χ0n) is 17.6. The fraction of sp³-hybridized carbons (Fsp3) is 0.500. The van der Waals surface area contributed by atoms with Crippen LogP contribution in [-0.2, 0) is 0 Å². The average Bonchev–Trinajstić information content (AvgIpc) is 3.40. The van der Waals surface area contributed by atoms with Crippen LogP contribution in [0.25, 0.3) is 22.3 Å². The number of amides is 1. The van der Waals surface area contributed by atoms with Crippen LogP contribution in [0.1, 0.15) is 54.6 Å². The molecular weight excluding hydrogens is 366 g/mol. The maximum absolute atomic E-state index is 13.1. The number of hydrogen-bond donors (Lipinski definition) is 2. The molecule has 2 N–H and O–H groups in total. The number of fused-ring (bicyclic) bond motifs is 1. The Morgan fingerprint density at radius 3 is 2.86 bits per heavy atom. The first kappa shape index (κ1) is 19.6. The Balaban J connectivity index is 1.69. The minimum atomic E-state index is -0.0780. The van der Waals surface area contributed by atoms with Crippen LogP contribution in [0.2, 0.25) is 0 Å². The Morgan fingerprint density at radius 1 is 1.38 bits per heavy atom. The molecular formula is C22H29N5O2. The second-order valence-corrected chi connectivity index (χ2v) is 8.21. The minimum absolute atomic E-state index is 0.0780.